The van der Waals surface area contributed by atoms with Crippen LogP contribution in [0.1, 0.15) is 19.4 Å². The van der Waals surface area contributed by atoms with Gasteiger partial charge in [0.05, 0.1) is 4.92 Å². The van der Waals surface area contributed by atoms with Crippen molar-refractivity contribution in [2.75, 3.05) is 0 Å². The van der Waals surface area contributed by atoms with Crippen LogP contribution in [0.15, 0.2) is 23.2 Å². The molecule has 0 fully saturated rings. The van der Waals surface area contributed by atoms with Gasteiger partial charge in [0.2, 0.25) is 0 Å². The fraction of sp³-hybridized carbons (Fsp3) is 0.462. The van der Waals surface area contributed by atoms with E-state index in [0.717, 1.165) is 25.1 Å². The van der Waals surface area contributed by atoms with Crippen molar-refractivity contribution in [1.29, 1.82) is 0 Å². The Balaban J connectivity index is 2.62. The predicted molar refractivity (Wildman–Crippen MR) is 72.4 cm³/mol. The number of non-ortho nitro benzene ring substituents is 1. The topological polar surface area (TPSA) is 90.8 Å². The van der Waals surface area contributed by atoms with E-state index in [0.29, 0.717) is 6.92 Å². The fourth-order valence-corrected chi connectivity index (χ4v) is 2.39. The van der Waals surface area contributed by atoms with Crippen LogP contribution in [0.25, 0.3) is 0 Å². The van der Waals surface area contributed by atoms with Crippen LogP contribution >= 0.6 is 0 Å². The van der Waals surface area contributed by atoms with Crippen molar-refractivity contribution in [2.45, 2.75) is 37.6 Å². The van der Waals surface area contributed by atoms with E-state index in [4.69, 9.17) is 5.73 Å². The van der Waals surface area contributed by atoms with Gasteiger partial charge in [-0.05, 0) is 13.0 Å². The SMILES string of the molecule is CC(F)(F)[C@H]1OC(N)=N[C@](C)(c2cc([N+](=O)[O-])ccc2F)[C@H]1F. The Bertz CT molecular complexity index is 677. The maximum atomic E-state index is 14.7. The number of benzene rings is 1. The number of ether oxygens (including phenoxy) is 1. The van der Waals surface area contributed by atoms with Gasteiger partial charge in [-0.1, -0.05) is 0 Å². The van der Waals surface area contributed by atoms with Gasteiger partial charge in [-0.2, -0.15) is 0 Å². The highest BCUT2D eigenvalue weighted by Gasteiger charge is 2.55. The Morgan fingerprint density at radius 1 is 1.48 bits per heavy atom. The van der Waals surface area contributed by atoms with E-state index in [1.807, 2.05) is 0 Å². The lowest BCUT2D eigenvalue weighted by molar-refractivity contribution is -0.385. The Kier molecular flexibility index (Phi) is 3.95. The van der Waals surface area contributed by atoms with Crippen molar-refractivity contribution in [3.63, 3.8) is 0 Å². The third-order valence-corrected chi connectivity index (χ3v) is 3.60. The molecule has 3 atom stereocenters. The van der Waals surface area contributed by atoms with Crippen molar-refractivity contribution in [2.24, 2.45) is 10.7 Å². The number of alkyl halides is 3. The Hall–Kier alpha value is -2.39. The summed E-state index contributed by atoms with van der Waals surface area (Å²) in [6.45, 7) is 1.45. The van der Waals surface area contributed by atoms with E-state index in [9.17, 15) is 27.7 Å². The number of hydrogen-bond acceptors (Lipinski definition) is 5. The molecule has 0 amide bonds. The first-order chi connectivity index (χ1) is 10.5. The molecule has 0 saturated heterocycles. The maximum Gasteiger partial charge on any atom is 0.284 e. The summed E-state index contributed by atoms with van der Waals surface area (Å²) >= 11 is 0. The number of aliphatic imine (C=N–C) groups is 1. The van der Waals surface area contributed by atoms with Crippen LogP contribution in [0.3, 0.4) is 0 Å². The summed E-state index contributed by atoms with van der Waals surface area (Å²) in [4.78, 5) is 13.6. The summed E-state index contributed by atoms with van der Waals surface area (Å²) in [5.41, 5.74) is 2.04. The van der Waals surface area contributed by atoms with Crippen molar-refractivity contribution < 1.29 is 27.2 Å². The minimum Gasteiger partial charge on any atom is -0.452 e. The highest BCUT2D eigenvalue weighted by molar-refractivity contribution is 5.73. The third-order valence-electron chi connectivity index (χ3n) is 3.60. The summed E-state index contributed by atoms with van der Waals surface area (Å²) in [6.07, 6.45) is -4.78. The van der Waals surface area contributed by atoms with E-state index in [1.54, 1.807) is 0 Å². The Morgan fingerprint density at radius 3 is 2.61 bits per heavy atom. The number of nitro benzene ring substituents is 1. The van der Waals surface area contributed by atoms with E-state index in [-0.39, 0.29) is 0 Å². The van der Waals surface area contributed by atoms with E-state index in [1.165, 1.54) is 0 Å². The molecule has 1 aromatic rings. The minimum atomic E-state index is -3.63. The molecule has 1 aliphatic rings. The van der Waals surface area contributed by atoms with Crippen LogP contribution in [0.4, 0.5) is 23.2 Å². The zero-order chi connectivity index (χ0) is 17.6. The van der Waals surface area contributed by atoms with E-state index >= 15 is 0 Å². The molecule has 1 aromatic carbocycles. The van der Waals surface area contributed by atoms with Gasteiger partial charge in [0.15, 0.2) is 12.3 Å². The van der Waals surface area contributed by atoms with Gasteiger partial charge in [0.1, 0.15) is 11.4 Å². The molecule has 1 heterocycles. The highest BCUT2D eigenvalue weighted by atomic mass is 19.3. The second-order valence-electron chi connectivity index (χ2n) is 5.42. The van der Waals surface area contributed by atoms with Crippen molar-refractivity contribution in [3.05, 3.63) is 39.7 Å². The van der Waals surface area contributed by atoms with E-state index in [2.05, 4.69) is 9.73 Å². The van der Waals surface area contributed by atoms with Crippen molar-refractivity contribution in [3.8, 4) is 0 Å². The predicted octanol–water partition coefficient (Wildman–Crippen LogP) is 2.66. The molecule has 23 heavy (non-hydrogen) atoms. The maximum absolute atomic E-state index is 14.7. The lowest BCUT2D eigenvalue weighted by Gasteiger charge is -2.40. The van der Waals surface area contributed by atoms with Gasteiger partial charge in [0.25, 0.3) is 17.6 Å². The molecule has 0 radical (unpaired) electrons. The van der Waals surface area contributed by atoms with Gasteiger partial charge >= 0.3 is 0 Å². The normalized spacial score (nSPS) is 28.0. The van der Waals surface area contributed by atoms with Gasteiger partial charge in [-0.3, -0.25) is 10.1 Å². The molecule has 10 heteroatoms. The lowest BCUT2D eigenvalue weighted by Crippen LogP contribution is -2.55. The van der Waals surface area contributed by atoms with E-state index < -0.39 is 51.8 Å². The molecule has 0 saturated carbocycles. The average molecular weight is 335 g/mol. The van der Waals surface area contributed by atoms with Crippen LogP contribution < -0.4 is 5.73 Å². The monoisotopic (exact) mass is 335 g/mol. The van der Waals surface area contributed by atoms with Crippen LogP contribution in [0.5, 0.6) is 0 Å². The second-order valence-corrected chi connectivity index (χ2v) is 5.42. The summed E-state index contributed by atoms with van der Waals surface area (Å²) in [6, 6.07) is 1.60. The molecule has 0 unspecified atom stereocenters. The summed E-state index contributed by atoms with van der Waals surface area (Å²) in [7, 11) is 0. The van der Waals surface area contributed by atoms with Gasteiger partial charge in [-0.15, -0.1) is 0 Å². The Morgan fingerprint density at radius 2 is 2.09 bits per heavy atom. The molecule has 6 nitrogen and oxygen atoms in total. The molecule has 126 valence electrons. The summed E-state index contributed by atoms with van der Waals surface area (Å²) in [5.74, 6) is -4.66. The van der Waals surface area contributed by atoms with Gasteiger partial charge in [-0.25, -0.2) is 22.6 Å². The van der Waals surface area contributed by atoms with Crippen LogP contribution in [-0.2, 0) is 10.3 Å². The largest absolute Gasteiger partial charge is 0.452 e. The molecule has 0 aliphatic carbocycles. The third kappa shape index (κ3) is 2.92. The molecule has 2 rings (SSSR count). The highest BCUT2D eigenvalue weighted by Crippen LogP contribution is 2.42. The molecule has 0 spiro atoms. The number of rotatable bonds is 3. The van der Waals surface area contributed by atoms with Crippen LogP contribution in [0, 0.1) is 15.9 Å². The number of nitrogens with two attached hydrogens (primary N) is 1. The number of halogens is 4. The van der Waals surface area contributed by atoms with Gasteiger partial charge < -0.3 is 10.5 Å². The molecule has 0 aromatic heterocycles. The van der Waals surface area contributed by atoms with Crippen LogP contribution in [0.2, 0.25) is 0 Å². The number of hydrogen-bond donors (Lipinski definition) is 1. The molecule has 2 N–H and O–H groups in total. The summed E-state index contributed by atoms with van der Waals surface area (Å²) < 4.78 is 60.3. The Labute approximate surface area is 128 Å². The zero-order valence-corrected chi connectivity index (χ0v) is 12.1. The first-order valence-corrected chi connectivity index (χ1v) is 6.45. The number of amidine groups is 1. The average Bonchev–Trinajstić information content (AvgIpc) is 2.41. The zero-order valence-electron chi connectivity index (χ0n) is 12.1. The molecule has 0 bridgehead atoms. The number of nitro groups is 1. The smallest absolute Gasteiger partial charge is 0.284 e. The molecular weight excluding hydrogens is 322 g/mol. The minimum absolute atomic E-state index is 0.424. The lowest BCUT2D eigenvalue weighted by atomic mass is 9.82. The standard InChI is InChI=1S/C13H13F4N3O3/c1-12(7-5-6(20(21)22)3-4-8(7)14)9(15)10(13(2,16)17)23-11(18)19-12/h3-5,9-10H,1-2H3,(H2,18,19)/t9-,10-,12+/m0/s1. The summed E-state index contributed by atoms with van der Waals surface area (Å²) in [5, 5.41) is 10.8. The quantitative estimate of drug-likeness (QED) is 0.522. The van der Waals surface area contributed by atoms with Gasteiger partial charge in [0, 0.05) is 24.6 Å². The first kappa shape index (κ1) is 17.0. The van der Waals surface area contributed by atoms with Crippen molar-refractivity contribution >= 4 is 11.7 Å². The second kappa shape index (κ2) is 5.36. The van der Waals surface area contributed by atoms with Crippen molar-refractivity contribution in [1.82, 2.24) is 0 Å². The van der Waals surface area contributed by atoms with Crippen LogP contribution in [-0.4, -0.2) is 29.1 Å². The fourth-order valence-electron chi connectivity index (χ4n) is 2.39. The first-order valence-electron chi connectivity index (χ1n) is 6.45. The molecule has 1 aliphatic heterocycles. The number of nitrogens with zero attached hydrogens (tertiary/aromatic N) is 2. The molecular formula is C13H13F4N3O3.